The Bertz CT molecular complexity index is 574. The van der Waals surface area contributed by atoms with Crippen molar-refractivity contribution in [2.24, 2.45) is 0 Å². The van der Waals surface area contributed by atoms with Crippen LogP contribution in [0.2, 0.25) is 0 Å². The van der Waals surface area contributed by atoms with Gasteiger partial charge in [0.15, 0.2) is 0 Å². The van der Waals surface area contributed by atoms with Crippen LogP contribution in [0, 0.1) is 19.7 Å². The summed E-state index contributed by atoms with van der Waals surface area (Å²) in [5, 5.41) is 9.70. The van der Waals surface area contributed by atoms with E-state index in [0.717, 1.165) is 5.56 Å². The van der Waals surface area contributed by atoms with Gasteiger partial charge in [-0.05, 0) is 50.6 Å². The van der Waals surface area contributed by atoms with E-state index in [1.54, 1.807) is 19.9 Å². The van der Waals surface area contributed by atoms with Crippen molar-refractivity contribution in [3.8, 4) is 11.5 Å². The summed E-state index contributed by atoms with van der Waals surface area (Å²) < 4.78 is 19.3. The summed E-state index contributed by atoms with van der Waals surface area (Å²) >= 11 is 0. The lowest BCUT2D eigenvalue weighted by atomic mass is 10.1. The molecule has 2 aromatic carbocycles. The first kappa shape index (κ1) is 13.6. The third-order valence-corrected chi connectivity index (χ3v) is 2.99. The molecule has 0 aliphatic carbocycles. The zero-order chi connectivity index (χ0) is 14.0. The maximum Gasteiger partial charge on any atom is 0.133 e. The lowest BCUT2D eigenvalue weighted by Crippen LogP contribution is -1.99. The van der Waals surface area contributed by atoms with Crippen LogP contribution in [0.1, 0.15) is 29.7 Å². The van der Waals surface area contributed by atoms with Crippen molar-refractivity contribution in [3.05, 3.63) is 58.9 Å². The van der Waals surface area contributed by atoms with Gasteiger partial charge in [-0.25, -0.2) is 4.39 Å². The average Bonchev–Trinajstić information content (AvgIpc) is 2.36. The molecule has 100 valence electrons. The number of aliphatic hydroxyl groups is 1. The Morgan fingerprint density at radius 1 is 1.11 bits per heavy atom. The van der Waals surface area contributed by atoms with Crippen LogP contribution >= 0.6 is 0 Å². The fraction of sp³-hybridized carbons (Fsp3) is 0.250. The number of rotatable bonds is 3. The van der Waals surface area contributed by atoms with Crippen LogP contribution < -0.4 is 4.74 Å². The fourth-order valence-corrected chi connectivity index (χ4v) is 1.82. The third kappa shape index (κ3) is 3.12. The molecular weight excluding hydrogens is 243 g/mol. The highest BCUT2D eigenvalue weighted by Gasteiger charge is 2.13. The van der Waals surface area contributed by atoms with Crippen molar-refractivity contribution in [2.45, 2.75) is 26.9 Å². The highest BCUT2D eigenvalue weighted by atomic mass is 19.1. The summed E-state index contributed by atoms with van der Waals surface area (Å²) in [6.07, 6.45) is -0.782. The first-order chi connectivity index (χ1) is 8.97. The van der Waals surface area contributed by atoms with Gasteiger partial charge in [0, 0.05) is 5.56 Å². The van der Waals surface area contributed by atoms with Gasteiger partial charge in [-0.15, -0.1) is 0 Å². The number of aryl methyl sites for hydroxylation is 2. The molecule has 0 fully saturated rings. The molecule has 2 nitrogen and oxygen atoms in total. The summed E-state index contributed by atoms with van der Waals surface area (Å²) in [5.74, 6) is 0.809. The van der Waals surface area contributed by atoms with Crippen molar-refractivity contribution in [2.75, 3.05) is 0 Å². The smallest absolute Gasteiger partial charge is 0.133 e. The minimum atomic E-state index is -0.782. The van der Waals surface area contributed by atoms with Crippen LogP contribution in [0.5, 0.6) is 11.5 Å². The molecule has 2 aromatic rings. The van der Waals surface area contributed by atoms with E-state index >= 15 is 0 Å². The molecule has 3 heteroatoms. The van der Waals surface area contributed by atoms with E-state index in [2.05, 4.69) is 0 Å². The molecule has 0 aliphatic heterocycles. The van der Waals surface area contributed by atoms with Crippen LogP contribution in [0.3, 0.4) is 0 Å². The van der Waals surface area contributed by atoms with Crippen LogP contribution in [0.25, 0.3) is 0 Å². The Kier molecular flexibility index (Phi) is 3.86. The minimum Gasteiger partial charge on any atom is -0.457 e. The summed E-state index contributed by atoms with van der Waals surface area (Å²) in [4.78, 5) is 0. The molecule has 0 radical (unpaired) electrons. The van der Waals surface area contributed by atoms with Gasteiger partial charge < -0.3 is 9.84 Å². The minimum absolute atomic E-state index is 0.341. The zero-order valence-corrected chi connectivity index (χ0v) is 11.3. The average molecular weight is 260 g/mol. The fourth-order valence-electron chi connectivity index (χ4n) is 1.82. The zero-order valence-electron chi connectivity index (χ0n) is 11.3. The van der Waals surface area contributed by atoms with E-state index in [4.69, 9.17) is 4.74 Å². The molecule has 0 amide bonds. The molecule has 0 spiro atoms. The molecule has 0 aliphatic rings. The number of halogens is 1. The van der Waals surface area contributed by atoms with E-state index in [1.165, 1.54) is 6.07 Å². The van der Waals surface area contributed by atoms with E-state index < -0.39 is 6.10 Å². The first-order valence-electron chi connectivity index (χ1n) is 6.20. The van der Waals surface area contributed by atoms with Gasteiger partial charge in [0.2, 0.25) is 0 Å². The van der Waals surface area contributed by atoms with Crippen molar-refractivity contribution < 1.29 is 14.2 Å². The Balaban J connectivity index is 2.38. The molecule has 0 heterocycles. The number of aliphatic hydroxyl groups excluding tert-OH is 1. The topological polar surface area (TPSA) is 29.5 Å². The lowest BCUT2D eigenvalue weighted by Gasteiger charge is -2.14. The van der Waals surface area contributed by atoms with Gasteiger partial charge in [0.1, 0.15) is 17.3 Å². The summed E-state index contributed by atoms with van der Waals surface area (Å²) in [6, 6.07) is 10.5. The molecule has 0 bridgehead atoms. The van der Waals surface area contributed by atoms with Gasteiger partial charge in [-0.2, -0.15) is 0 Å². The normalized spacial score (nSPS) is 12.3. The van der Waals surface area contributed by atoms with E-state index in [9.17, 15) is 9.50 Å². The van der Waals surface area contributed by atoms with Gasteiger partial charge in [-0.1, -0.05) is 17.7 Å². The molecule has 0 saturated heterocycles. The van der Waals surface area contributed by atoms with E-state index in [-0.39, 0.29) is 5.82 Å². The lowest BCUT2D eigenvalue weighted by molar-refractivity contribution is 0.195. The Morgan fingerprint density at radius 3 is 2.32 bits per heavy atom. The van der Waals surface area contributed by atoms with E-state index in [0.29, 0.717) is 22.6 Å². The second-order valence-electron chi connectivity index (χ2n) is 4.73. The molecule has 0 aromatic heterocycles. The third-order valence-electron chi connectivity index (χ3n) is 2.99. The Hall–Kier alpha value is -1.87. The predicted molar refractivity (Wildman–Crippen MR) is 73.0 cm³/mol. The van der Waals surface area contributed by atoms with Gasteiger partial charge >= 0.3 is 0 Å². The molecule has 1 N–H and O–H groups in total. The van der Waals surface area contributed by atoms with Crippen LogP contribution in [0.4, 0.5) is 4.39 Å². The van der Waals surface area contributed by atoms with Crippen molar-refractivity contribution in [1.29, 1.82) is 0 Å². The molecule has 2 rings (SSSR count). The van der Waals surface area contributed by atoms with Crippen molar-refractivity contribution in [3.63, 3.8) is 0 Å². The van der Waals surface area contributed by atoms with Gasteiger partial charge in [-0.3, -0.25) is 0 Å². The highest BCUT2D eigenvalue weighted by molar-refractivity contribution is 5.42. The summed E-state index contributed by atoms with van der Waals surface area (Å²) in [7, 11) is 0. The highest BCUT2D eigenvalue weighted by Crippen LogP contribution is 2.32. The summed E-state index contributed by atoms with van der Waals surface area (Å²) in [6.45, 7) is 5.25. The van der Waals surface area contributed by atoms with Gasteiger partial charge in [0.25, 0.3) is 0 Å². The second kappa shape index (κ2) is 5.41. The second-order valence-corrected chi connectivity index (χ2v) is 4.73. The number of hydrogen-bond acceptors (Lipinski definition) is 2. The molecule has 0 saturated carbocycles. The predicted octanol–water partition coefficient (Wildman–Crippen LogP) is 4.29. The number of hydrogen-bond donors (Lipinski definition) is 1. The van der Waals surface area contributed by atoms with Crippen LogP contribution in [0.15, 0.2) is 36.4 Å². The largest absolute Gasteiger partial charge is 0.457 e. The number of benzene rings is 2. The van der Waals surface area contributed by atoms with Gasteiger partial charge in [0.05, 0.1) is 6.10 Å². The van der Waals surface area contributed by atoms with Crippen molar-refractivity contribution >= 4 is 0 Å². The van der Waals surface area contributed by atoms with Crippen molar-refractivity contribution in [1.82, 2.24) is 0 Å². The molecule has 1 atom stereocenters. The summed E-state index contributed by atoms with van der Waals surface area (Å²) in [5.41, 5.74) is 2.08. The first-order valence-corrected chi connectivity index (χ1v) is 6.20. The SMILES string of the molecule is Cc1ccc(Oc2cc(C)c(F)cc2[C@@H](C)O)cc1. The van der Waals surface area contributed by atoms with E-state index in [1.807, 2.05) is 31.2 Å². The molecule has 0 unspecified atom stereocenters. The Morgan fingerprint density at radius 2 is 1.74 bits per heavy atom. The quantitative estimate of drug-likeness (QED) is 0.892. The maximum absolute atomic E-state index is 13.5. The molecule has 19 heavy (non-hydrogen) atoms. The monoisotopic (exact) mass is 260 g/mol. The standard InChI is InChI=1S/C16H17FO2/c1-10-4-6-13(7-5-10)19-16-8-11(2)15(17)9-14(16)12(3)18/h4-9,12,18H,1-3H3/t12-/m1/s1. The van der Waals surface area contributed by atoms with Crippen LogP contribution in [-0.2, 0) is 0 Å². The Labute approximate surface area is 112 Å². The van der Waals surface area contributed by atoms with Crippen LogP contribution in [-0.4, -0.2) is 5.11 Å². The molecular formula is C16H17FO2. The maximum atomic E-state index is 13.5. The number of ether oxygens (including phenoxy) is 1.